The topological polar surface area (TPSA) is 83.5 Å². The van der Waals surface area contributed by atoms with Gasteiger partial charge in [0.15, 0.2) is 0 Å². The Morgan fingerprint density at radius 3 is 1.80 bits per heavy atom. The van der Waals surface area contributed by atoms with Crippen LogP contribution in [0.25, 0.3) is 0 Å². The molecule has 1 saturated heterocycles. The van der Waals surface area contributed by atoms with Crippen LogP contribution in [0.3, 0.4) is 0 Å². The molecule has 1 N–H and O–H groups in total. The van der Waals surface area contributed by atoms with Gasteiger partial charge in [-0.15, -0.1) is 0 Å². The van der Waals surface area contributed by atoms with Crippen molar-refractivity contribution in [2.24, 2.45) is 0 Å². The predicted octanol–water partition coefficient (Wildman–Crippen LogP) is 5.24. The van der Waals surface area contributed by atoms with E-state index in [1.807, 2.05) is 91.0 Å². The van der Waals surface area contributed by atoms with Crippen LogP contribution < -0.4 is 0 Å². The van der Waals surface area contributed by atoms with Crippen molar-refractivity contribution in [2.45, 2.75) is 76.5 Å². The van der Waals surface area contributed by atoms with Crippen molar-refractivity contribution in [1.82, 2.24) is 0 Å². The first-order valence-electron chi connectivity index (χ1n) is 14.0. The van der Waals surface area contributed by atoms with Gasteiger partial charge in [-0.05, 0) is 36.0 Å². The minimum absolute atomic E-state index is 0.288. The quantitative estimate of drug-likeness (QED) is 0.206. The molecule has 7 nitrogen and oxygen atoms in total. The lowest BCUT2D eigenvalue weighted by molar-refractivity contribution is -0.262. The molecule has 3 aromatic carbocycles. The van der Waals surface area contributed by atoms with E-state index < -0.39 is 30.5 Å². The van der Waals surface area contributed by atoms with Gasteiger partial charge in [-0.1, -0.05) is 91.0 Å². The van der Waals surface area contributed by atoms with Crippen molar-refractivity contribution in [3.63, 3.8) is 0 Å². The van der Waals surface area contributed by atoms with E-state index in [9.17, 15) is 9.90 Å². The van der Waals surface area contributed by atoms with Crippen LogP contribution in [0, 0.1) is 0 Å². The Labute approximate surface area is 237 Å². The Kier molecular flexibility index (Phi) is 12.2. The highest BCUT2D eigenvalue weighted by Crippen LogP contribution is 2.30. The maximum absolute atomic E-state index is 11.5. The largest absolute Gasteiger partial charge is 0.466 e. The zero-order valence-electron chi connectivity index (χ0n) is 23.1. The minimum atomic E-state index is -0.899. The zero-order valence-corrected chi connectivity index (χ0v) is 23.1. The fraction of sp³-hybridized carbons (Fsp3) is 0.424. The summed E-state index contributed by atoms with van der Waals surface area (Å²) in [5.41, 5.74) is 3.10. The van der Waals surface area contributed by atoms with Gasteiger partial charge in [-0.25, -0.2) is 0 Å². The van der Waals surface area contributed by atoms with Crippen LogP contribution >= 0.6 is 0 Å². The third kappa shape index (κ3) is 9.54. The molecule has 0 amide bonds. The summed E-state index contributed by atoms with van der Waals surface area (Å²) in [7, 11) is 0. The second-order valence-electron chi connectivity index (χ2n) is 10.1. The number of rotatable bonds is 15. The van der Waals surface area contributed by atoms with E-state index in [2.05, 4.69) is 0 Å². The Hall–Kier alpha value is -3.07. The molecule has 1 heterocycles. The van der Waals surface area contributed by atoms with Crippen molar-refractivity contribution in [1.29, 1.82) is 0 Å². The molecule has 214 valence electrons. The molecule has 0 saturated carbocycles. The van der Waals surface area contributed by atoms with Gasteiger partial charge in [0.05, 0.1) is 39.1 Å². The van der Waals surface area contributed by atoms with Crippen molar-refractivity contribution < 1.29 is 33.6 Å². The molecule has 0 unspecified atom stereocenters. The lowest BCUT2D eigenvalue weighted by Crippen LogP contribution is -2.60. The van der Waals surface area contributed by atoms with Crippen molar-refractivity contribution in [3.05, 3.63) is 108 Å². The fourth-order valence-corrected chi connectivity index (χ4v) is 4.83. The Bertz CT molecular complexity index is 1110. The van der Waals surface area contributed by atoms with Crippen molar-refractivity contribution >= 4 is 5.97 Å². The third-order valence-corrected chi connectivity index (χ3v) is 6.91. The number of aliphatic hydroxyl groups excluding tert-OH is 1. The first-order valence-corrected chi connectivity index (χ1v) is 14.0. The van der Waals surface area contributed by atoms with Gasteiger partial charge in [-0.2, -0.15) is 0 Å². The number of hydrogen-bond acceptors (Lipinski definition) is 7. The van der Waals surface area contributed by atoms with E-state index in [1.165, 1.54) is 6.92 Å². The fourth-order valence-electron chi connectivity index (χ4n) is 4.83. The van der Waals surface area contributed by atoms with Gasteiger partial charge < -0.3 is 28.8 Å². The third-order valence-electron chi connectivity index (χ3n) is 6.91. The van der Waals surface area contributed by atoms with Crippen LogP contribution in [0.15, 0.2) is 91.0 Å². The van der Waals surface area contributed by atoms with E-state index >= 15 is 0 Å². The molecule has 0 aliphatic carbocycles. The molecule has 0 aromatic heterocycles. The zero-order chi connectivity index (χ0) is 28.0. The van der Waals surface area contributed by atoms with E-state index in [0.717, 1.165) is 23.1 Å². The summed E-state index contributed by atoms with van der Waals surface area (Å²) in [4.78, 5) is 11.1. The van der Waals surface area contributed by atoms with Crippen molar-refractivity contribution in [2.75, 3.05) is 13.2 Å². The molecule has 40 heavy (non-hydrogen) atoms. The Morgan fingerprint density at radius 2 is 1.25 bits per heavy atom. The van der Waals surface area contributed by atoms with Gasteiger partial charge in [0.25, 0.3) is 0 Å². The summed E-state index contributed by atoms with van der Waals surface area (Å²) in [5.74, 6) is -0.294. The lowest BCUT2D eigenvalue weighted by Gasteiger charge is -2.44. The highest BCUT2D eigenvalue weighted by molar-refractivity contribution is 5.65. The summed E-state index contributed by atoms with van der Waals surface area (Å²) in [6, 6.07) is 29.8. The van der Waals surface area contributed by atoms with Gasteiger partial charge in [-0.3, -0.25) is 4.79 Å². The van der Waals surface area contributed by atoms with Gasteiger partial charge in [0, 0.05) is 6.92 Å². The number of aliphatic hydroxyl groups is 1. The highest BCUT2D eigenvalue weighted by Gasteiger charge is 2.46. The van der Waals surface area contributed by atoms with Crippen LogP contribution in [-0.4, -0.2) is 54.8 Å². The van der Waals surface area contributed by atoms with Crippen LogP contribution in [0.1, 0.15) is 42.9 Å². The lowest BCUT2D eigenvalue weighted by atomic mass is 9.92. The normalized spacial score (nSPS) is 22.6. The van der Waals surface area contributed by atoms with Crippen LogP contribution in [0.4, 0.5) is 0 Å². The summed E-state index contributed by atoms with van der Waals surface area (Å²) in [6.45, 7) is 3.17. The number of hydrogen-bond donors (Lipinski definition) is 1. The first kappa shape index (κ1) is 29.9. The van der Waals surface area contributed by atoms with E-state index in [1.54, 1.807) is 0 Å². The number of carbonyl (C=O) groups is 1. The van der Waals surface area contributed by atoms with E-state index in [4.69, 9.17) is 23.7 Å². The molecular formula is C33H40O7. The van der Waals surface area contributed by atoms with E-state index in [-0.39, 0.29) is 12.6 Å². The second-order valence-corrected chi connectivity index (χ2v) is 10.1. The van der Waals surface area contributed by atoms with Crippen LogP contribution in [0.2, 0.25) is 0 Å². The van der Waals surface area contributed by atoms with Gasteiger partial charge in [0.1, 0.15) is 24.4 Å². The molecule has 5 atom stereocenters. The number of esters is 1. The summed E-state index contributed by atoms with van der Waals surface area (Å²) < 4.78 is 30.4. The number of unbranched alkanes of at least 4 members (excludes halogenated alkanes) is 1. The monoisotopic (exact) mass is 548 g/mol. The van der Waals surface area contributed by atoms with E-state index in [0.29, 0.717) is 39.3 Å². The van der Waals surface area contributed by atoms with Crippen LogP contribution in [0.5, 0.6) is 0 Å². The summed E-state index contributed by atoms with van der Waals surface area (Å²) >= 11 is 0. The van der Waals surface area contributed by atoms with Gasteiger partial charge in [0.2, 0.25) is 0 Å². The minimum Gasteiger partial charge on any atom is -0.466 e. The Morgan fingerprint density at radius 1 is 0.725 bits per heavy atom. The maximum atomic E-state index is 11.5. The van der Waals surface area contributed by atoms with Crippen LogP contribution in [-0.2, 0) is 48.3 Å². The Balaban J connectivity index is 1.48. The van der Waals surface area contributed by atoms with Crippen molar-refractivity contribution in [3.8, 4) is 0 Å². The molecule has 0 radical (unpaired) electrons. The average molecular weight is 549 g/mol. The molecular weight excluding hydrogens is 508 g/mol. The predicted molar refractivity (Wildman–Crippen MR) is 151 cm³/mol. The number of ether oxygens (including phenoxy) is 5. The molecule has 0 bridgehead atoms. The SMILES string of the molecule is CC(=O)OCCCC[C@H]1O[C@H](COCc2ccccc2)[C@@H](OCc2ccccc2)[C@H](OCc2ccccc2)[C@H]1O. The molecule has 7 heteroatoms. The molecule has 3 aromatic rings. The second kappa shape index (κ2) is 16.3. The average Bonchev–Trinajstić information content (AvgIpc) is 2.98. The first-order chi connectivity index (χ1) is 19.6. The summed E-state index contributed by atoms with van der Waals surface area (Å²) in [6.07, 6.45) is -0.987. The number of benzene rings is 3. The molecule has 4 rings (SSSR count). The van der Waals surface area contributed by atoms with Gasteiger partial charge >= 0.3 is 5.97 Å². The molecule has 0 spiro atoms. The highest BCUT2D eigenvalue weighted by atomic mass is 16.6. The smallest absolute Gasteiger partial charge is 0.302 e. The molecule has 1 aliphatic heterocycles. The maximum Gasteiger partial charge on any atom is 0.302 e. The standard InChI is InChI=1S/C33H40O7/c1-25(34)37-20-12-11-19-29-31(35)33(39-23-28-17-9-4-10-18-28)32(38-22-27-15-7-3-8-16-27)30(40-29)24-36-21-26-13-5-2-6-14-26/h2-10,13-18,29-33,35H,11-12,19-24H2,1H3/t29-,30-,31+,32-,33-/m1/s1. The summed E-state index contributed by atoms with van der Waals surface area (Å²) in [5, 5.41) is 11.5. The molecule has 1 aliphatic rings. The number of carbonyl (C=O) groups excluding carboxylic acids is 1. The molecule has 1 fully saturated rings.